The van der Waals surface area contributed by atoms with Crippen molar-refractivity contribution in [2.75, 3.05) is 17.4 Å². The van der Waals surface area contributed by atoms with Gasteiger partial charge in [-0.25, -0.2) is 9.97 Å². The molecule has 5 rings (SSSR count). The van der Waals surface area contributed by atoms with Crippen molar-refractivity contribution >= 4 is 44.7 Å². The number of fused-ring (bicyclic) bond motifs is 2. The summed E-state index contributed by atoms with van der Waals surface area (Å²) in [5, 5.41) is 6.63. The molecule has 2 amide bonds. The van der Waals surface area contributed by atoms with E-state index in [0.717, 1.165) is 21.5 Å². The van der Waals surface area contributed by atoms with Crippen molar-refractivity contribution in [2.45, 2.75) is 20.8 Å². The first-order valence-corrected chi connectivity index (χ1v) is 11.1. The van der Waals surface area contributed by atoms with Gasteiger partial charge in [-0.15, -0.1) is 11.3 Å². The molecule has 0 atom stereocenters. The number of ether oxygens (including phenoxy) is 2. The molecular formula is C24H20N4O4S. The van der Waals surface area contributed by atoms with Gasteiger partial charge >= 0.3 is 0 Å². The van der Waals surface area contributed by atoms with Gasteiger partial charge in [-0.2, -0.15) is 0 Å². The molecular weight excluding hydrogens is 440 g/mol. The smallest absolute Gasteiger partial charge is 0.266 e. The zero-order valence-corrected chi connectivity index (χ0v) is 19.0. The Morgan fingerprint density at radius 3 is 2.58 bits per heavy atom. The van der Waals surface area contributed by atoms with Gasteiger partial charge in [0.15, 0.2) is 11.5 Å². The van der Waals surface area contributed by atoms with Gasteiger partial charge in [0.1, 0.15) is 10.7 Å². The first-order valence-electron chi connectivity index (χ1n) is 10.3. The second kappa shape index (κ2) is 8.18. The number of hydrogen-bond donors (Lipinski definition) is 2. The van der Waals surface area contributed by atoms with Crippen LogP contribution in [0.1, 0.15) is 37.1 Å². The summed E-state index contributed by atoms with van der Waals surface area (Å²) in [6.45, 7) is 5.78. The Hall–Kier alpha value is -3.98. The van der Waals surface area contributed by atoms with Crippen LogP contribution in [0.4, 0.5) is 11.4 Å². The van der Waals surface area contributed by atoms with Gasteiger partial charge in [0.2, 0.25) is 6.79 Å². The molecule has 0 fully saturated rings. The molecule has 0 radical (unpaired) electrons. The van der Waals surface area contributed by atoms with E-state index in [4.69, 9.17) is 9.47 Å². The van der Waals surface area contributed by atoms with Crippen molar-refractivity contribution in [1.29, 1.82) is 0 Å². The van der Waals surface area contributed by atoms with Crippen LogP contribution in [-0.4, -0.2) is 28.6 Å². The van der Waals surface area contributed by atoms with Gasteiger partial charge in [-0.05, 0) is 50.6 Å². The predicted octanol–water partition coefficient (Wildman–Crippen LogP) is 4.85. The van der Waals surface area contributed by atoms with Crippen LogP contribution in [0.25, 0.3) is 10.2 Å². The highest BCUT2D eigenvalue weighted by Gasteiger charge is 2.21. The van der Waals surface area contributed by atoms with Crippen LogP contribution in [-0.2, 0) is 0 Å². The number of hydrogen-bond acceptors (Lipinski definition) is 7. The normalized spacial score (nSPS) is 12.1. The molecule has 9 heteroatoms. The maximum atomic E-state index is 13.2. The van der Waals surface area contributed by atoms with Gasteiger partial charge in [-0.3, -0.25) is 9.59 Å². The van der Waals surface area contributed by atoms with Gasteiger partial charge in [0, 0.05) is 22.8 Å². The molecule has 0 saturated carbocycles. The lowest BCUT2D eigenvalue weighted by Crippen LogP contribution is -2.18. The Labute approximate surface area is 193 Å². The molecule has 2 N–H and O–H groups in total. The van der Waals surface area contributed by atoms with Crippen LogP contribution in [0, 0.1) is 20.8 Å². The van der Waals surface area contributed by atoms with Crippen LogP contribution in [0.15, 0.2) is 42.5 Å². The number of para-hydroxylation sites is 1. The molecule has 0 saturated heterocycles. The highest BCUT2D eigenvalue weighted by Crippen LogP contribution is 2.35. The van der Waals surface area contributed by atoms with E-state index in [1.165, 1.54) is 11.3 Å². The summed E-state index contributed by atoms with van der Waals surface area (Å²) in [5.74, 6) is 1.22. The fourth-order valence-electron chi connectivity index (χ4n) is 3.83. The number of anilines is 2. The summed E-state index contributed by atoms with van der Waals surface area (Å²) < 4.78 is 10.7. The standard InChI is InChI=1S/C24H20N4O4S/c1-12-20-13(2)25-14(3)26-24(20)33-21(12)23(30)28-17-7-5-4-6-16(17)22(29)27-15-8-9-18-19(10-15)32-11-31-18/h4-10H,11H2,1-3H3,(H,27,29)(H,28,30). The van der Waals surface area contributed by atoms with Crippen molar-refractivity contribution in [3.63, 3.8) is 0 Å². The first kappa shape index (κ1) is 20.9. The van der Waals surface area contributed by atoms with Crippen molar-refractivity contribution in [3.8, 4) is 11.5 Å². The Morgan fingerprint density at radius 1 is 0.939 bits per heavy atom. The number of thiophene rings is 1. The molecule has 4 aromatic rings. The van der Waals surface area contributed by atoms with E-state index < -0.39 is 0 Å². The van der Waals surface area contributed by atoms with E-state index in [9.17, 15) is 9.59 Å². The topological polar surface area (TPSA) is 102 Å². The molecule has 8 nitrogen and oxygen atoms in total. The summed E-state index contributed by atoms with van der Waals surface area (Å²) in [5.41, 5.74) is 2.99. The molecule has 0 spiro atoms. The van der Waals surface area contributed by atoms with E-state index in [-0.39, 0.29) is 18.6 Å². The number of nitrogens with zero attached hydrogens (tertiary/aromatic N) is 2. The van der Waals surface area contributed by atoms with Gasteiger partial charge in [0.25, 0.3) is 11.8 Å². The van der Waals surface area contributed by atoms with Crippen LogP contribution < -0.4 is 20.1 Å². The fourth-order valence-corrected chi connectivity index (χ4v) is 5.00. The number of aromatic nitrogens is 2. The van der Waals surface area contributed by atoms with Crippen molar-refractivity contribution in [1.82, 2.24) is 9.97 Å². The summed E-state index contributed by atoms with van der Waals surface area (Å²) in [6.07, 6.45) is 0. The minimum Gasteiger partial charge on any atom is -0.454 e. The Morgan fingerprint density at radius 2 is 1.73 bits per heavy atom. The number of nitrogens with one attached hydrogen (secondary N) is 2. The van der Waals surface area contributed by atoms with Crippen LogP contribution in [0.3, 0.4) is 0 Å². The maximum absolute atomic E-state index is 13.2. The van der Waals surface area contributed by atoms with E-state index >= 15 is 0 Å². The Balaban J connectivity index is 1.41. The zero-order valence-electron chi connectivity index (χ0n) is 18.2. The monoisotopic (exact) mass is 460 g/mol. The van der Waals surface area contributed by atoms with Gasteiger partial charge in [-0.1, -0.05) is 12.1 Å². The first-order chi connectivity index (χ1) is 15.9. The molecule has 1 aliphatic rings. The number of carbonyl (C=O) groups excluding carboxylic acids is 2. The molecule has 1 aliphatic heterocycles. The lowest BCUT2D eigenvalue weighted by atomic mass is 10.1. The number of rotatable bonds is 4. The Kier molecular flexibility index (Phi) is 5.18. The van der Waals surface area contributed by atoms with E-state index in [1.54, 1.807) is 42.5 Å². The average Bonchev–Trinajstić information content (AvgIpc) is 3.38. The van der Waals surface area contributed by atoms with Gasteiger partial charge < -0.3 is 20.1 Å². The van der Waals surface area contributed by atoms with E-state index in [1.807, 2.05) is 20.8 Å². The summed E-state index contributed by atoms with van der Waals surface area (Å²) >= 11 is 1.32. The van der Waals surface area contributed by atoms with E-state index in [0.29, 0.717) is 39.1 Å². The molecule has 33 heavy (non-hydrogen) atoms. The third-order valence-electron chi connectivity index (χ3n) is 5.34. The third kappa shape index (κ3) is 3.87. The van der Waals surface area contributed by atoms with E-state index in [2.05, 4.69) is 20.6 Å². The lowest BCUT2D eigenvalue weighted by Gasteiger charge is -2.12. The number of aryl methyl sites for hydroxylation is 3. The van der Waals surface area contributed by atoms with Crippen LogP contribution in [0.2, 0.25) is 0 Å². The van der Waals surface area contributed by atoms with Crippen molar-refractivity contribution in [2.24, 2.45) is 0 Å². The summed E-state index contributed by atoms with van der Waals surface area (Å²) in [7, 11) is 0. The molecule has 0 aliphatic carbocycles. The number of carbonyl (C=O) groups is 2. The summed E-state index contributed by atoms with van der Waals surface area (Å²) in [6, 6.07) is 12.0. The van der Waals surface area contributed by atoms with Crippen LogP contribution in [0.5, 0.6) is 11.5 Å². The van der Waals surface area contributed by atoms with Crippen molar-refractivity contribution < 1.29 is 19.1 Å². The SMILES string of the molecule is Cc1nc(C)c2c(C)c(C(=O)Nc3ccccc3C(=O)Nc3ccc4c(c3)OCO4)sc2n1. The highest BCUT2D eigenvalue weighted by atomic mass is 32.1. The minimum atomic E-state index is -0.352. The average molecular weight is 461 g/mol. The maximum Gasteiger partial charge on any atom is 0.266 e. The molecule has 2 aromatic heterocycles. The van der Waals surface area contributed by atoms with Crippen LogP contribution >= 0.6 is 11.3 Å². The number of benzene rings is 2. The largest absolute Gasteiger partial charge is 0.454 e. The second-order valence-corrected chi connectivity index (χ2v) is 8.61. The molecule has 0 bridgehead atoms. The zero-order chi connectivity index (χ0) is 23.1. The van der Waals surface area contributed by atoms with Crippen molar-refractivity contribution in [3.05, 3.63) is 70.0 Å². The highest BCUT2D eigenvalue weighted by molar-refractivity contribution is 7.20. The lowest BCUT2D eigenvalue weighted by molar-refractivity contribution is 0.102. The number of amides is 2. The Bertz CT molecular complexity index is 1430. The van der Waals surface area contributed by atoms with Gasteiger partial charge in [0.05, 0.1) is 16.1 Å². The summed E-state index contributed by atoms with van der Waals surface area (Å²) in [4.78, 5) is 36.3. The quantitative estimate of drug-likeness (QED) is 0.451. The minimum absolute atomic E-state index is 0.156. The fraction of sp³-hybridized carbons (Fsp3) is 0.167. The predicted molar refractivity (Wildman–Crippen MR) is 127 cm³/mol. The molecule has 0 unspecified atom stereocenters. The molecule has 166 valence electrons. The molecule has 3 heterocycles. The third-order valence-corrected chi connectivity index (χ3v) is 6.52. The molecule has 2 aromatic carbocycles. The second-order valence-electron chi connectivity index (χ2n) is 7.61.